The average molecular weight is 491 g/mol. The van der Waals surface area contributed by atoms with Crippen LogP contribution in [0.25, 0.3) is 26.8 Å². The fourth-order valence-corrected chi connectivity index (χ4v) is 5.85. The molecular weight excluding hydrogens is 468 g/mol. The Morgan fingerprint density at radius 1 is 1.06 bits per heavy atom. The highest BCUT2D eigenvalue weighted by atomic mass is 32.2. The van der Waals surface area contributed by atoms with Crippen molar-refractivity contribution in [2.24, 2.45) is 0 Å². The van der Waals surface area contributed by atoms with Crippen molar-refractivity contribution in [2.45, 2.75) is 31.2 Å². The van der Waals surface area contributed by atoms with Gasteiger partial charge in [-0.15, -0.1) is 11.3 Å². The first-order valence-corrected chi connectivity index (χ1v) is 12.4. The lowest BCUT2D eigenvalue weighted by atomic mass is 10.2. The van der Waals surface area contributed by atoms with Crippen molar-refractivity contribution >= 4 is 44.2 Å². The zero-order valence-corrected chi connectivity index (χ0v) is 20.7. The van der Waals surface area contributed by atoms with Gasteiger partial charge in [0.25, 0.3) is 11.1 Å². The summed E-state index contributed by atoms with van der Waals surface area (Å²) in [6.07, 6.45) is 0. The Labute approximate surface area is 203 Å². The number of methoxy groups -OCH3 is 1. The van der Waals surface area contributed by atoms with E-state index in [-0.39, 0.29) is 16.4 Å². The standard InChI is InChI=1S/C25H22N4O3S2/c1-13-14(2)33-23-20(13)22(30)27-21(28-23)15(3)34-25-26-19-8-6-5-7-18(19)24(31)29(25)16-9-11-17(32-4)12-10-16/h5-12,15H,1-4H3,(H,27,28,30). The van der Waals surface area contributed by atoms with E-state index >= 15 is 0 Å². The molecule has 1 unspecified atom stereocenters. The van der Waals surface area contributed by atoms with Gasteiger partial charge in [0.05, 0.1) is 34.3 Å². The third-order valence-electron chi connectivity index (χ3n) is 5.80. The number of hydrogen-bond donors (Lipinski definition) is 1. The van der Waals surface area contributed by atoms with Gasteiger partial charge in [0.1, 0.15) is 16.4 Å². The third-order valence-corrected chi connectivity index (χ3v) is 7.96. The minimum absolute atomic E-state index is 0.145. The molecule has 0 aliphatic rings. The summed E-state index contributed by atoms with van der Waals surface area (Å²) in [5.41, 5.74) is 1.96. The SMILES string of the molecule is COc1ccc(-n2c(SC(C)c3nc4sc(C)c(C)c4c(=O)[nH]3)nc3ccccc3c2=O)cc1. The highest BCUT2D eigenvalue weighted by Gasteiger charge is 2.20. The molecule has 0 bridgehead atoms. The fraction of sp³-hybridized carbons (Fsp3) is 0.200. The molecule has 0 radical (unpaired) electrons. The number of thioether (sulfide) groups is 1. The van der Waals surface area contributed by atoms with E-state index < -0.39 is 0 Å². The lowest BCUT2D eigenvalue weighted by Gasteiger charge is -2.16. The van der Waals surface area contributed by atoms with Crippen LogP contribution in [0.15, 0.2) is 63.3 Å². The maximum atomic E-state index is 13.5. The molecule has 5 rings (SSSR count). The number of aromatic nitrogens is 4. The van der Waals surface area contributed by atoms with Gasteiger partial charge in [-0.2, -0.15) is 0 Å². The van der Waals surface area contributed by atoms with Gasteiger partial charge >= 0.3 is 0 Å². The summed E-state index contributed by atoms with van der Waals surface area (Å²) in [4.78, 5) is 40.6. The van der Waals surface area contributed by atoms with Crippen molar-refractivity contribution < 1.29 is 4.74 Å². The highest BCUT2D eigenvalue weighted by molar-refractivity contribution is 7.99. The number of fused-ring (bicyclic) bond motifs is 2. The Kier molecular flexibility index (Phi) is 5.75. The number of hydrogen-bond acceptors (Lipinski definition) is 7. The number of H-pyrrole nitrogens is 1. The number of nitrogens with zero attached hydrogens (tertiary/aromatic N) is 3. The van der Waals surface area contributed by atoms with Crippen molar-refractivity contribution in [1.82, 2.24) is 19.5 Å². The molecule has 0 fully saturated rings. The molecule has 1 atom stereocenters. The van der Waals surface area contributed by atoms with Crippen LogP contribution in [0.5, 0.6) is 5.75 Å². The first-order chi connectivity index (χ1) is 16.4. The fourth-order valence-electron chi connectivity index (χ4n) is 3.83. The van der Waals surface area contributed by atoms with Crippen LogP contribution in [0, 0.1) is 13.8 Å². The maximum absolute atomic E-state index is 13.5. The highest BCUT2D eigenvalue weighted by Crippen LogP contribution is 2.35. The van der Waals surface area contributed by atoms with Crippen molar-refractivity contribution in [3.8, 4) is 11.4 Å². The molecule has 7 nitrogen and oxygen atoms in total. The molecule has 0 saturated carbocycles. The van der Waals surface area contributed by atoms with Crippen LogP contribution in [0.2, 0.25) is 0 Å². The van der Waals surface area contributed by atoms with Crippen LogP contribution in [0.4, 0.5) is 0 Å². The Morgan fingerprint density at radius 3 is 2.53 bits per heavy atom. The molecule has 3 aromatic heterocycles. The van der Waals surface area contributed by atoms with Crippen molar-refractivity contribution in [3.05, 3.63) is 85.5 Å². The smallest absolute Gasteiger partial charge is 0.266 e. The minimum atomic E-state index is -0.252. The Balaban J connectivity index is 1.63. The zero-order valence-electron chi connectivity index (χ0n) is 19.1. The molecule has 3 heterocycles. The van der Waals surface area contributed by atoms with Gasteiger partial charge in [-0.1, -0.05) is 23.9 Å². The molecular formula is C25H22N4O3S2. The summed E-state index contributed by atoms with van der Waals surface area (Å²) in [5, 5.41) is 1.44. The second-order valence-corrected chi connectivity index (χ2v) is 10.4. The van der Waals surface area contributed by atoms with Crippen LogP contribution in [0.1, 0.15) is 28.4 Å². The summed E-state index contributed by atoms with van der Waals surface area (Å²) in [7, 11) is 1.60. The topological polar surface area (TPSA) is 89.9 Å². The molecule has 172 valence electrons. The summed E-state index contributed by atoms with van der Waals surface area (Å²) in [5.74, 6) is 1.25. The van der Waals surface area contributed by atoms with E-state index in [2.05, 4.69) is 4.98 Å². The van der Waals surface area contributed by atoms with Gasteiger partial charge in [0.2, 0.25) is 0 Å². The van der Waals surface area contributed by atoms with Crippen molar-refractivity contribution in [1.29, 1.82) is 0 Å². The van der Waals surface area contributed by atoms with Crippen LogP contribution in [-0.2, 0) is 0 Å². The van der Waals surface area contributed by atoms with Gasteiger partial charge in [0, 0.05) is 4.88 Å². The molecule has 34 heavy (non-hydrogen) atoms. The first-order valence-electron chi connectivity index (χ1n) is 10.7. The molecule has 0 saturated heterocycles. The van der Waals surface area contributed by atoms with Crippen LogP contribution >= 0.6 is 23.1 Å². The molecule has 0 aliphatic heterocycles. The number of para-hydroxylation sites is 1. The van der Waals surface area contributed by atoms with Gasteiger partial charge in [-0.25, -0.2) is 9.97 Å². The van der Waals surface area contributed by atoms with Gasteiger partial charge in [-0.05, 0) is 62.7 Å². The number of benzene rings is 2. The van der Waals surface area contributed by atoms with E-state index in [0.717, 1.165) is 15.3 Å². The number of rotatable bonds is 5. The number of thiophene rings is 1. The average Bonchev–Trinajstić information content (AvgIpc) is 3.13. The summed E-state index contributed by atoms with van der Waals surface area (Å²) in [6, 6.07) is 14.6. The largest absolute Gasteiger partial charge is 0.497 e. The summed E-state index contributed by atoms with van der Waals surface area (Å²) < 4.78 is 6.86. The van der Waals surface area contributed by atoms with Crippen LogP contribution < -0.4 is 15.9 Å². The summed E-state index contributed by atoms with van der Waals surface area (Å²) >= 11 is 2.89. The summed E-state index contributed by atoms with van der Waals surface area (Å²) in [6.45, 7) is 5.88. The maximum Gasteiger partial charge on any atom is 0.266 e. The number of nitrogens with one attached hydrogen (secondary N) is 1. The third kappa shape index (κ3) is 3.80. The second kappa shape index (κ2) is 8.73. The first kappa shape index (κ1) is 22.4. The monoisotopic (exact) mass is 490 g/mol. The molecule has 0 aliphatic carbocycles. The molecule has 0 spiro atoms. The van der Waals surface area contributed by atoms with Crippen LogP contribution in [0.3, 0.4) is 0 Å². The Hall–Kier alpha value is -3.43. The molecule has 5 aromatic rings. The predicted molar refractivity (Wildman–Crippen MR) is 138 cm³/mol. The molecule has 0 amide bonds. The number of ether oxygens (including phenoxy) is 1. The lowest BCUT2D eigenvalue weighted by molar-refractivity contribution is 0.414. The van der Waals surface area contributed by atoms with Gasteiger partial charge < -0.3 is 9.72 Å². The van der Waals surface area contributed by atoms with E-state index in [0.29, 0.717) is 38.7 Å². The minimum Gasteiger partial charge on any atom is -0.497 e. The Morgan fingerprint density at radius 2 is 1.79 bits per heavy atom. The molecule has 1 N–H and O–H groups in total. The van der Waals surface area contributed by atoms with Gasteiger partial charge in [-0.3, -0.25) is 14.2 Å². The molecule has 9 heteroatoms. The zero-order chi connectivity index (χ0) is 24.0. The normalized spacial score (nSPS) is 12.4. The number of aryl methyl sites for hydroxylation is 2. The van der Waals surface area contributed by atoms with E-state index in [9.17, 15) is 9.59 Å². The van der Waals surface area contributed by atoms with Gasteiger partial charge in [0.15, 0.2) is 5.16 Å². The quantitative estimate of drug-likeness (QED) is 0.270. The van der Waals surface area contributed by atoms with Crippen molar-refractivity contribution in [3.63, 3.8) is 0 Å². The lowest BCUT2D eigenvalue weighted by Crippen LogP contribution is -2.22. The predicted octanol–water partition coefficient (Wildman–Crippen LogP) is 5.16. The van der Waals surface area contributed by atoms with E-state index in [1.54, 1.807) is 17.7 Å². The van der Waals surface area contributed by atoms with Crippen molar-refractivity contribution in [2.75, 3.05) is 7.11 Å². The second-order valence-electron chi connectivity index (χ2n) is 7.92. The Bertz CT molecular complexity index is 1650. The molecule has 2 aromatic carbocycles. The van der Waals surface area contributed by atoms with Crippen LogP contribution in [-0.4, -0.2) is 26.6 Å². The van der Waals surface area contributed by atoms with E-state index in [4.69, 9.17) is 14.7 Å². The van der Waals surface area contributed by atoms with E-state index in [1.807, 2.05) is 63.2 Å². The van der Waals surface area contributed by atoms with E-state index in [1.165, 1.54) is 23.1 Å². The number of aromatic amines is 1.